The Morgan fingerprint density at radius 3 is 2.92 bits per heavy atom. The van der Waals surface area contributed by atoms with Gasteiger partial charge in [0, 0.05) is 19.4 Å². The van der Waals surface area contributed by atoms with E-state index >= 15 is 0 Å². The van der Waals surface area contributed by atoms with E-state index in [0.717, 1.165) is 5.82 Å². The van der Waals surface area contributed by atoms with Crippen molar-refractivity contribution in [1.29, 1.82) is 0 Å². The van der Waals surface area contributed by atoms with Gasteiger partial charge >= 0.3 is 0 Å². The lowest BCUT2D eigenvalue weighted by atomic mass is 10.5. The number of nitrogens with zero attached hydrogens (tertiary/aromatic N) is 3. The van der Waals surface area contributed by atoms with Crippen molar-refractivity contribution >= 4 is 6.21 Å². The second-order valence-electron chi connectivity index (χ2n) is 2.79. The van der Waals surface area contributed by atoms with Crippen molar-refractivity contribution in [3.63, 3.8) is 0 Å². The van der Waals surface area contributed by atoms with E-state index in [2.05, 4.69) is 10.1 Å². The first-order valence-corrected chi connectivity index (χ1v) is 3.86. The average Bonchev–Trinajstić information content (AvgIpc) is 2.36. The first-order valence-electron chi connectivity index (χ1n) is 3.86. The molecule has 12 heavy (non-hydrogen) atoms. The van der Waals surface area contributed by atoms with E-state index in [1.807, 2.05) is 31.7 Å². The molecule has 0 atom stereocenters. The molecule has 4 heteroatoms. The van der Waals surface area contributed by atoms with E-state index < -0.39 is 0 Å². The van der Waals surface area contributed by atoms with Gasteiger partial charge in [0.25, 0.3) is 0 Å². The van der Waals surface area contributed by atoms with Crippen LogP contribution in [0.3, 0.4) is 0 Å². The van der Waals surface area contributed by atoms with Crippen LogP contribution in [-0.4, -0.2) is 21.9 Å². The molecule has 0 aliphatic heterocycles. The van der Waals surface area contributed by atoms with E-state index in [4.69, 9.17) is 4.84 Å². The van der Waals surface area contributed by atoms with Gasteiger partial charge in [-0.2, -0.15) is 0 Å². The Bertz CT molecular complexity index is 265. The zero-order valence-electron chi connectivity index (χ0n) is 7.56. The maximum atomic E-state index is 4.99. The minimum atomic E-state index is 0.113. The van der Waals surface area contributed by atoms with Crippen molar-refractivity contribution in [3.05, 3.63) is 18.2 Å². The largest absolute Gasteiger partial charge is 0.393 e. The smallest absolute Gasteiger partial charge is 0.154 e. The molecule has 0 amide bonds. The van der Waals surface area contributed by atoms with Crippen molar-refractivity contribution < 1.29 is 4.84 Å². The van der Waals surface area contributed by atoms with Crippen LogP contribution in [0.15, 0.2) is 17.5 Å². The second kappa shape index (κ2) is 3.90. The predicted octanol–water partition coefficient (Wildman–Crippen LogP) is 1.18. The highest BCUT2D eigenvalue weighted by molar-refractivity contribution is 5.74. The molecule has 1 heterocycles. The zero-order valence-corrected chi connectivity index (χ0v) is 7.56. The second-order valence-corrected chi connectivity index (χ2v) is 2.79. The van der Waals surface area contributed by atoms with Crippen LogP contribution < -0.4 is 0 Å². The van der Waals surface area contributed by atoms with Gasteiger partial charge in [0.05, 0.1) is 0 Å². The summed E-state index contributed by atoms with van der Waals surface area (Å²) >= 11 is 0. The zero-order chi connectivity index (χ0) is 8.97. The number of aromatic nitrogens is 2. The van der Waals surface area contributed by atoms with Crippen LogP contribution in [0.1, 0.15) is 19.7 Å². The average molecular weight is 167 g/mol. The number of aryl methyl sites for hydroxylation is 1. The number of hydrogen-bond acceptors (Lipinski definition) is 3. The lowest BCUT2D eigenvalue weighted by Gasteiger charge is -1.99. The molecule has 1 rings (SSSR count). The van der Waals surface area contributed by atoms with E-state index in [-0.39, 0.29) is 6.10 Å². The van der Waals surface area contributed by atoms with E-state index in [9.17, 15) is 0 Å². The molecule has 0 unspecified atom stereocenters. The molecule has 66 valence electrons. The quantitative estimate of drug-likeness (QED) is 0.501. The van der Waals surface area contributed by atoms with Crippen LogP contribution in [0.2, 0.25) is 0 Å². The third-order valence-corrected chi connectivity index (χ3v) is 1.30. The summed E-state index contributed by atoms with van der Waals surface area (Å²) in [6.07, 6.45) is 5.29. The molecule has 0 fully saturated rings. The van der Waals surface area contributed by atoms with Crippen LogP contribution in [0.5, 0.6) is 0 Å². The summed E-state index contributed by atoms with van der Waals surface area (Å²) in [5.41, 5.74) is 0. The molecular weight excluding hydrogens is 154 g/mol. The van der Waals surface area contributed by atoms with Crippen LogP contribution in [-0.2, 0) is 11.9 Å². The monoisotopic (exact) mass is 167 g/mol. The number of imidazole rings is 1. The normalized spacial score (nSPS) is 11.3. The van der Waals surface area contributed by atoms with Gasteiger partial charge in [0.15, 0.2) is 5.82 Å². The Hall–Kier alpha value is -1.32. The summed E-state index contributed by atoms with van der Waals surface area (Å²) in [6, 6.07) is 0. The van der Waals surface area contributed by atoms with Crippen LogP contribution in [0.25, 0.3) is 0 Å². The lowest BCUT2D eigenvalue weighted by Crippen LogP contribution is -1.99. The minimum Gasteiger partial charge on any atom is -0.393 e. The molecule has 1 aromatic heterocycles. The van der Waals surface area contributed by atoms with Crippen LogP contribution in [0.4, 0.5) is 0 Å². The molecule has 0 N–H and O–H groups in total. The summed E-state index contributed by atoms with van der Waals surface area (Å²) in [4.78, 5) is 9.03. The fourth-order valence-corrected chi connectivity index (χ4v) is 0.701. The number of oxime groups is 1. The predicted molar refractivity (Wildman–Crippen MR) is 47.0 cm³/mol. The molecule has 0 aromatic carbocycles. The van der Waals surface area contributed by atoms with E-state index in [0.29, 0.717) is 0 Å². The standard InChI is InChI=1S/C8H13N3O/c1-7(2)12-10-6-8-9-4-5-11(8)3/h4-7H,1-3H3/b10-6+. The highest BCUT2D eigenvalue weighted by Gasteiger charge is 1.93. The molecule has 1 aromatic rings. The van der Waals surface area contributed by atoms with Crippen molar-refractivity contribution in [1.82, 2.24) is 9.55 Å². The van der Waals surface area contributed by atoms with Gasteiger partial charge in [-0.3, -0.25) is 0 Å². The fourth-order valence-electron chi connectivity index (χ4n) is 0.701. The number of rotatable bonds is 3. The summed E-state index contributed by atoms with van der Waals surface area (Å²) in [5, 5.41) is 3.77. The van der Waals surface area contributed by atoms with Gasteiger partial charge < -0.3 is 9.40 Å². The molecule has 0 aliphatic carbocycles. The van der Waals surface area contributed by atoms with Gasteiger partial charge in [0.2, 0.25) is 0 Å². The maximum absolute atomic E-state index is 4.99. The van der Waals surface area contributed by atoms with Crippen LogP contribution in [0, 0.1) is 0 Å². The summed E-state index contributed by atoms with van der Waals surface area (Å²) < 4.78 is 1.87. The SMILES string of the molecule is CC(C)O/N=C/c1nccn1C. The Morgan fingerprint density at radius 1 is 1.67 bits per heavy atom. The number of hydrogen-bond donors (Lipinski definition) is 0. The van der Waals surface area contributed by atoms with Gasteiger partial charge in [-0.25, -0.2) is 4.98 Å². The highest BCUT2D eigenvalue weighted by atomic mass is 16.6. The topological polar surface area (TPSA) is 39.4 Å². The molecule has 0 bridgehead atoms. The van der Waals surface area contributed by atoms with Gasteiger partial charge in [-0.1, -0.05) is 5.16 Å². The lowest BCUT2D eigenvalue weighted by molar-refractivity contribution is 0.0872. The summed E-state index contributed by atoms with van der Waals surface area (Å²) in [6.45, 7) is 3.85. The molecule has 0 aliphatic rings. The molecule has 0 spiro atoms. The first-order chi connectivity index (χ1) is 5.70. The first kappa shape index (κ1) is 8.77. The summed E-state index contributed by atoms with van der Waals surface area (Å²) in [5.74, 6) is 0.788. The Kier molecular flexibility index (Phi) is 2.85. The Labute approximate surface area is 71.9 Å². The molecule has 0 radical (unpaired) electrons. The molecule has 0 saturated carbocycles. The fraction of sp³-hybridized carbons (Fsp3) is 0.500. The Balaban J connectivity index is 2.52. The highest BCUT2D eigenvalue weighted by Crippen LogP contribution is 1.91. The Morgan fingerprint density at radius 2 is 2.42 bits per heavy atom. The van der Waals surface area contributed by atoms with Crippen molar-refractivity contribution in [3.8, 4) is 0 Å². The van der Waals surface area contributed by atoms with Crippen molar-refractivity contribution in [2.24, 2.45) is 12.2 Å². The van der Waals surface area contributed by atoms with Crippen LogP contribution >= 0.6 is 0 Å². The van der Waals surface area contributed by atoms with Gasteiger partial charge in [-0.05, 0) is 13.8 Å². The summed E-state index contributed by atoms with van der Waals surface area (Å²) in [7, 11) is 1.91. The van der Waals surface area contributed by atoms with Gasteiger partial charge in [-0.15, -0.1) is 0 Å². The molecular formula is C8H13N3O. The van der Waals surface area contributed by atoms with E-state index in [1.54, 1.807) is 12.4 Å². The van der Waals surface area contributed by atoms with Crippen molar-refractivity contribution in [2.75, 3.05) is 0 Å². The van der Waals surface area contributed by atoms with Crippen molar-refractivity contribution in [2.45, 2.75) is 20.0 Å². The maximum Gasteiger partial charge on any atom is 0.154 e. The molecule has 4 nitrogen and oxygen atoms in total. The minimum absolute atomic E-state index is 0.113. The third-order valence-electron chi connectivity index (χ3n) is 1.30. The third kappa shape index (κ3) is 2.38. The molecule has 0 saturated heterocycles. The van der Waals surface area contributed by atoms with E-state index in [1.165, 1.54) is 0 Å². The van der Waals surface area contributed by atoms with Gasteiger partial charge in [0.1, 0.15) is 12.3 Å².